The number of aryl methyl sites for hydroxylation is 1. The Balaban J connectivity index is 1.41. The average Bonchev–Trinajstić information content (AvgIpc) is 3.69. The van der Waals surface area contributed by atoms with Crippen LogP contribution in [0.5, 0.6) is 5.75 Å². The molecule has 0 bridgehead atoms. The molecule has 33 heavy (non-hydrogen) atoms. The first kappa shape index (κ1) is 23.6. The Morgan fingerprint density at radius 1 is 1.12 bits per heavy atom. The standard InChI is InChI=1S/C29H46N2O2/c1-4-24-12-13-26(32-3)16-27(24)29-14-15-31(19-23-10-11-23)21(2)28(29)33-20-25(17-29)30-18-22-8-6-5-7-9-22/h12-13,16,21-23,25,28,30H,4-11,14-15,17-20H2,1-3H3. The van der Waals surface area contributed by atoms with Crippen LogP contribution < -0.4 is 10.1 Å². The van der Waals surface area contributed by atoms with E-state index >= 15 is 0 Å². The summed E-state index contributed by atoms with van der Waals surface area (Å²) in [4.78, 5) is 2.74. The van der Waals surface area contributed by atoms with Gasteiger partial charge in [0.15, 0.2) is 0 Å². The third kappa shape index (κ3) is 4.99. The average molecular weight is 455 g/mol. The van der Waals surface area contributed by atoms with Crippen LogP contribution in [0.25, 0.3) is 0 Å². The molecule has 2 saturated carbocycles. The van der Waals surface area contributed by atoms with Crippen molar-refractivity contribution >= 4 is 0 Å². The van der Waals surface area contributed by atoms with Gasteiger partial charge in [-0.1, -0.05) is 32.3 Å². The molecule has 4 fully saturated rings. The topological polar surface area (TPSA) is 33.7 Å². The largest absolute Gasteiger partial charge is 0.497 e. The van der Waals surface area contributed by atoms with Crippen molar-refractivity contribution in [3.63, 3.8) is 0 Å². The Bertz CT molecular complexity index is 788. The summed E-state index contributed by atoms with van der Waals surface area (Å²) in [5.74, 6) is 2.77. The highest BCUT2D eigenvalue weighted by atomic mass is 16.5. The fourth-order valence-corrected chi connectivity index (χ4v) is 7.18. The first-order chi connectivity index (χ1) is 16.1. The second-order valence-corrected chi connectivity index (χ2v) is 11.5. The van der Waals surface area contributed by atoms with E-state index in [-0.39, 0.29) is 11.5 Å². The normalized spacial score (nSPS) is 33.6. The lowest BCUT2D eigenvalue weighted by Crippen LogP contribution is -2.65. The van der Waals surface area contributed by atoms with E-state index in [4.69, 9.17) is 9.47 Å². The monoisotopic (exact) mass is 454 g/mol. The van der Waals surface area contributed by atoms with Crippen molar-refractivity contribution in [3.8, 4) is 5.75 Å². The molecule has 4 unspecified atom stereocenters. The molecular weight excluding hydrogens is 408 g/mol. The van der Waals surface area contributed by atoms with E-state index in [1.807, 2.05) is 0 Å². The molecule has 1 aromatic carbocycles. The summed E-state index contributed by atoms with van der Waals surface area (Å²) in [6, 6.07) is 7.71. The third-order valence-electron chi connectivity index (χ3n) is 9.34. The van der Waals surface area contributed by atoms with Crippen molar-refractivity contribution in [1.29, 1.82) is 0 Å². The SMILES string of the molecule is CCc1ccc(OC)cc1C12CCN(CC3CC3)C(C)C1OCC(NCC1CCCCC1)C2. The van der Waals surface area contributed by atoms with E-state index in [0.717, 1.165) is 37.2 Å². The predicted molar refractivity (Wildman–Crippen MR) is 135 cm³/mol. The van der Waals surface area contributed by atoms with Gasteiger partial charge in [0.05, 0.1) is 19.8 Å². The highest BCUT2D eigenvalue weighted by Gasteiger charge is 2.53. The molecule has 0 spiro atoms. The van der Waals surface area contributed by atoms with Gasteiger partial charge in [0.1, 0.15) is 5.75 Å². The van der Waals surface area contributed by atoms with Crippen LogP contribution in [0.4, 0.5) is 0 Å². The molecule has 5 rings (SSSR count). The first-order valence-electron chi connectivity index (χ1n) is 13.9. The summed E-state index contributed by atoms with van der Waals surface area (Å²) >= 11 is 0. The number of piperidine rings is 1. The van der Waals surface area contributed by atoms with Crippen LogP contribution in [0.3, 0.4) is 0 Å². The molecule has 2 saturated heterocycles. The summed E-state index contributed by atoms with van der Waals surface area (Å²) in [6.45, 7) is 9.20. The molecule has 2 aliphatic heterocycles. The lowest BCUT2D eigenvalue weighted by atomic mass is 9.62. The predicted octanol–water partition coefficient (Wildman–Crippen LogP) is 5.33. The minimum atomic E-state index is 0.0713. The Hall–Kier alpha value is -1.10. The minimum Gasteiger partial charge on any atom is -0.497 e. The number of nitrogens with one attached hydrogen (secondary N) is 1. The van der Waals surface area contributed by atoms with Gasteiger partial charge in [-0.05, 0) is 100 Å². The molecule has 2 heterocycles. The van der Waals surface area contributed by atoms with Crippen LogP contribution in [-0.2, 0) is 16.6 Å². The van der Waals surface area contributed by atoms with Crippen molar-refractivity contribution < 1.29 is 9.47 Å². The van der Waals surface area contributed by atoms with Gasteiger partial charge in [-0.15, -0.1) is 0 Å². The van der Waals surface area contributed by atoms with E-state index in [1.54, 1.807) is 7.11 Å². The lowest BCUT2D eigenvalue weighted by molar-refractivity contribution is -0.127. The quantitative estimate of drug-likeness (QED) is 0.576. The number of nitrogens with zero attached hydrogens (tertiary/aromatic N) is 1. The second-order valence-electron chi connectivity index (χ2n) is 11.5. The van der Waals surface area contributed by atoms with Crippen LogP contribution in [0.2, 0.25) is 0 Å². The summed E-state index contributed by atoms with van der Waals surface area (Å²) in [5.41, 5.74) is 3.04. The van der Waals surface area contributed by atoms with Crippen molar-refractivity contribution in [1.82, 2.24) is 10.2 Å². The molecule has 0 radical (unpaired) electrons. The van der Waals surface area contributed by atoms with Gasteiger partial charge in [0.2, 0.25) is 0 Å². The summed E-state index contributed by atoms with van der Waals surface area (Å²) < 4.78 is 12.6. The molecule has 4 heteroatoms. The van der Waals surface area contributed by atoms with E-state index in [1.165, 1.54) is 82.0 Å². The fraction of sp³-hybridized carbons (Fsp3) is 0.793. The zero-order valence-corrected chi connectivity index (χ0v) is 21.3. The number of fused-ring (bicyclic) bond motifs is 1. The minimum absolute atomic E-state index is 0.0713. The summed E-state index contributed by atoms with van der Waals surface area (Å²) in [6.07, 6.45) is 13.6. The third-order valence-corrected chi connectivity index (χ3v) is 9.34. The van der Waals surface area contributed by atoms with Gasteiger partial charge >= 0.3 is 0 Å². The van der Waals surface area contributed by atoms with E-state index in [9.17, 15) is 0 Å². The van der Waals surface area contributed by atoms with E-state index in [0.29, 0.717) is 12.1 Å². The van der Waals surface area contributed by atoms with Gasteiger partial charge in [-0.2, -0.15) is 0 Å². The van der Waals surface area contributed by atoms with Gasteiger partial charge in [0, 0.05) is 24.0 Å². The van der Waals surface area contributed by atoms with Crippen LogP contribution in [0, 0.1) is 11.8 Å². The number of likely N-dealkylation sites (tertiary alicyclic amines) is 1. The van der Waals surface area contributed by atoms with E-state index < -0.39 is 0 Å². The molecule has 1 aromatic rings. The Morgan fingerprint density at radius 3 is 2.67 bits per heavy atom. The van der Waals surface area contributed by atoms with Crippen molar-refractivity contribution in [2.45, 2.75) is 102 Å². The molecule has 4 aliphatic rings. The van der Waals surface area contributed by atoms with Gasteiger partial charge < -0.3 is 14.8 Å². The number of hydrogen-bond donors (Lipinski definition) is 1. The number of benzene rings is 1. The molecule has 2 aliphatic carbocycles. The molecule has 0 aromatic heterocycles. The maximum atomic E-state index is 6.86. The lowest BCUT2D eigenvalue weighted by Gasteiger charge is -2.56. The van der Waals surface area contributed by atoms with Crippen molar-refractivity contribution in [2.75, 3.05) is 33.4 Å². The van der Waals surface area contributed by atoms with Crippen LogP contribution in [0.15, 0.2) is 18.2 Å². The van der Waals surface area contributed by atoms with Crippen LogP contribution >= 0.6 is 0 Å². The molecule has 4 nitrogen and oxygen atoms in total. The van der Waals surface area contributed by atoms with Crippen molar-refractivity contribution in [3.05, 3.63) is 29.3 Å². The highest BCUT2D eigenvalue weighted by Crippen LogP contribution is 2.49. The number of hydrogen-bond acceptors (Lipinski definition) is 4. The summed E-state index contributed by atoms with van der Waals surface area (Å²) in [5, 5.41) is 3.98. The van der Waals surface area contributed by atoms with Crippen LogP contribution in [0.1, 0.15) is 82.8 Å². The van der Waals surface area contributed by atoms with Gasteiger partial charge in [0.25, 0.3) is 0 Å². The van der Waals surface area contributed by atoms with Gasteiger partial charge in [-0.25, -0.2) is 0 Å². The Kier molecular flexibility index (Phi) is 7.34. The zero-order valence-electron chi connectivity index (χ0n) is 21.3. The molecule has 0 amide bonds. The van der Waals surface area contributed by atoms with Crippen molar-refractivity contribution in [2.24, 2.45) is 11.8 Å². The smallest absolute Gasteiger partial charge is 0.119 e. The Morgan fingerprint density at radius 2 is 1.94 bits per heavy atom. The maximum Gasteiger partial charge on any atom is 0.119 e. The van der Waals surface area contributed by atoms with Crippen LogP contribution in [-0.4, -0.2) is 56.4 Å². The van der Waals surface area contributed by atoms with E-state index in [2.05, 4.69) is 42.3 Å². The molecule has 184 valence electrons. The number of methoxy groups -OCH3 is 1. The number of rotatable bonds is 8. The van der Waals surface area contributed by atoms with Gasteiger partial charge in [-0.3, -0.25) is 4.90 Å². The molecule has 1 N–H and O–H groups in total. The zero-order chi connectivity index (χ0) is 22.8. The fourth-order valence-electron chi connectivity index (χ4n) is 7.18. The number of ether oxygens (including phenoxy) is 2. The highest BCUT2D eigenvalue weighted by molar-refractivity contribution is 5.43. The second kappa shape index (κ2) is 10.3. The maximum absolute atomic E-state index is 6.86. The first-order valence-corrected chi connectivity index (χ1v) is 13.9. The summed E-state index contributed by atoms with van der Waals surface area (Å²) in [7, 11) is 1.80. The molecule has 4 atom stereocenters. The molecular formula is C29H46N2O2. The Labute approximate surface area is 201 Å².